The Hall–Kier alpha value is -1.30. The fourth-order valence-corrected chi connectivity index (χ4v) is 2.51. The number of hydrogen-bond acceptors (Lipinski definition) is 5. The maximum Gasteiger partial charge on any atom is 0.127 e. The van der Waals surface area contributed by atoms with Gasteiger partial charge >= 0.3 is 0 Å². The van der Waals surface area contributed by atoms with Crippen LogP contribution in [0.25, 0.3) is 0 Å². The molecule has 1 saturated heterocycles. The molecule has 0 aliphatic carbocycles. The molecule has 21 heavy (non-hydrogen) atoms. The Labute approximate surface area is 126 Å². The van der Waals surface area contributed by atoms with E-state index in [-0.39, 0.29) is 6.04 Å². The number of hydrogen-bond donors (Lipinski definition) is 1. The van der Waals surface area contributed by atoms with Crippen molar-refractivity contribution in [3.63, 3.8) is 0 Å². The Bertz CT molecular complexity index is 432. The summed E-state index contributed by atoms with van der Waals surface area (Å²) in [7, 11) is 5.25. The number of methoxy groups -OCH3 is 2. The van der Waals surface area contributed by atoms with E-state index in [4.69, 9.17) is 18.9 Å². The molecule has 5 nitrogen and oxygen atoms in total. The first-order chi connectivity index (χ1) is 10.3. The summed E-state index contributed by atoms with van der Waals surface area (Å²) in [6.45, 7) is 2.20. The van der Waals surface area contributed by atoms with E-state index in [1.165, 1.54) is 0 Å². The quantitative estimate of drug-likeness (QED) is 0.835. The van der Waals surface area contributed by atoms with Crippen molar-refractivity contribution in [2.75, 3.05) is 41.1 Å². The number of likely N-dealkylation sites (N-methyl/N-ethyl adjacent to an activating group) is 1. The van der Waals surface area contributed by atoms with Gasteiger partial charge in [0.1, 0.15) is 11.5 Å². The summed E-state index contributed by atoms with van der Waals surface area (Å²) in [6, 6.07) is 5.95. The number of ether oxygens (including phenoxy) is 4. The van der Waals surface area contributed by atoms with Gasteiger partial charge in [-0.15, -0.1) is 0 Å². The minimum Gasteiger partial charge on any atom is -0.497 e. The van der Waals surface area contributed by atoms with E-state index in [2.05, 4.69) is 5.32 Å². The van der Waals surface area contributed by atoms with Gasteiger partial charge in [0.05, 0.1) is 33.0 Å². The van der Waals surface area contributed by atoms with Crippen molar-refractivity contribution in [3.8, 4) is 11.5 Å². The van der Waals surface area contributed by atoms with E-state index in [9.17, 15) is 0 Å². The van der Waals surface area contributed by atoms with Crippen LogP contribution in [0.1, 0.15) is 24.4 Å². The molecule has 0 radical (unpaired) electrons. The Morgan fingerprint density at radius 1 is 1.24 bits per heavy atom. The van der Waals surface area contributed by atoms with Crippen molar-refractivity contribution in [1.29, 1.82) is 0 Å². The number of benzene rings is 1. The molecule has 1 aliphatic heterocycles. The lowest BCUT2D eigenvalue weighted by atomic mass is 10.1. The Kier molecular flexibility index (Phi) is 6.29. The Balaban J connectivity index is 2.02. The zero-order chi connectivity index (χ0) is 15.1. The van der Waals surface area contributed by atoms with E-state index in [0.29, 0.717) is 12.7 Å². The summed E-state index contributed by atoms with van der Waals surface area (Å²) in [5.74, 6) is 1.60. The van der Waals surface area contributed by atoms with Gasteiger partial charge < -0.3 is 24.3 Å². The van der Waals surface area contributed by atoms with Crippen molar-refractivity contribution in [2.45, 2.75) is 25.0 Å². The second-order valence-electron chi connectivity index (χ2n) is 5.09. The minimum absolute atomic E-state index is 0.0914. The summed E-state index contributed by atoms with van der Waals surface area (Å²) in [6.07, 6.45) is 2.23. The lowest BCUT2D eigenvalue weighted by molar-refractivity contribution is -0.0379. The van der Waals surface area contributed by atoms with Crippen molar-refractivity contribution in [1.82, 2.24) is 5.32 Å². The van der Waals surface area contributed by atoms with Crippen LogP contribution in [-0.2, 0) is 9.47 Å². The SMILES string of the molecule is CNC(COC1CCOCC1)c1ccc(OC)cc1OC. The fraction of sp³-hybridized carbons (Fsp3) is 0.625. The fourth-order valence-electron chi connectivity index (χ4n) is 2.51. The molecule has 1 aromatic rings. The normalized spacial score (nSPS) is 17.5. The topological polar surface area (TPSA) is 49.0 Å². The average molecular weight is 295 g/mol. The molecule has 118 valence electrons. The van der Waals surface area contributed by atoms with Gasteiger partial charge in [0.15, 0.2) is 0 Å². The van der Waals surface area contributed by atoms with Gasteiger partial charge in [0, 0.05) is 24.8 Å². The first kappa shape index (κ1) is 16.1. The first-order valence-electron chi connectivity index (χ1n) is 7.37. The molecule has 0 amide bonds. The van der Waals surface area contributed by atoms with Crippen LogP contribution in [0.15, 0.2) is 18.2 Å². The summed E-state index contributed by atoms with van der Waals surface area (Å²) >= 11 is 0. The van der Waals surface area contributed by atoms with Crippen LogP contribution in [0.3, 0.4) is 0 Å². The third-order valence-corrected chi connectivity index (χ3v) is 3.83. The van der Waals surface area contributed by atoms with Crippen molar-refractivity contribution in [3.05, 3.63) is 23.8 Å². The van der Waals surface area contributed by atoms with Gasteiger partial charge in [-0.25, -0.2) is 0 Å². The lowest BCUT2D eigenvalue weighted by Crippen LogP contribution is -2.29. The molecule has 1 aliphatic rings. The third-order valence-electron chi connectivity index (χ3n) is 3.83. The van der Waals surface area contributed by atoms with Crippen molar-refractivity contribution >= 4 is 0 Å². The van der Waals surface area contributed by atoms with Crippen LogP contribution in [-0.4, -0.2) is 47.2 Å². The highest BCUT2D eigenvalue weighted by molar-refractivity contribution is 5.42. The molecule has 1 heterocycles. The monoisotopic (exact) mass is 295 g/mol. The highest BCUT2D eigenvalue weighted by Crippen LogP contribution is 2.30. The minimum atomic E-state index is 0.0914. The molecule has 0 saturated carbocycles. The number of rotatable bonds is 7. The predicted octanol–water partition coefficient (Wildman–Crippen LogP) is 2.16. The summed E-state index contributed by atoms with van der Waals surface area (Å²) in [5.41, 5.74) is 1.08. The van der Waals surface area contributed by atoms with Gasteiger partial charge in [-0.3, -0.25) is 0 Å². The summed E-state index contributed by atoms with van der Waals surface area (Å²) < 4.78 is 22.1. The van der Waals surface area contributed by atoms with E-state index < -0.39 is 0 Å². The van der Waals surface area contributed by atoms with Crippen LogP contribution >= 0.6 is 0 Å². The van der Waals surface area contributed by atoms with Crippen LogP contribution in [0.5, 0.6) is 11.5 Å². The molecule has 1 fully saturated rings. The van der Waals surface area contributed by atoms with Crippen molar-refractivity contribution < 1.29 is 18.9 Å². The largest absolute Gasteiger partial charge is 0.497 e. The molecule has 5 heteroatoms. The summed E-state index contributed by atoms with van der Waals surface area (Å²) in [4.78, 5) is 0. The first-order valence-corrected chi connectivity index (χ1v) is 7.37. The standard InChI is InChI=1S/C16H25NO4/c1-17-15(11-21-12-6-8-20-9-7-12)14-5-4-13(18-2)10-16(14)19-3/h4-5,10,12,15,17H,6-9,11H2,1-3H3. The molecule has 0 aromatic heterocycles. The second kappa shape index (κ2) is 8.22. The molecule has 2 rings (SSSR count). The van der Waals surface area contributed by atoms with Gasteiger partial charge in [-0.2, -0.15) is 0 Å². The highest BCUT2D eigenvalue weighted by Gasteiger charge is 2.19. The van der Waals surface area contributed by atoms with Crippen LogP contribution in [0, 0.1) is 0 Å². The lowest BCUT2D eigenvalue weighted by Gasteiger charge is -2.26. The smallest absolute Gasteiger partial charge is 0.127 e. The Morgan fingerprint density at radius 2 is 2.00 bits per heavy atom. The predicted molar refractivity (Wildman–Crippen MR) is 81.1 cm³/mol. The summed E-state index contributed by atoms with van der Waals surface area (Å²) in [5, 5.41) is 3.29. The third kappa shape index (κ3) is 4.33. The molecule has 0 spiro atoms. The molecule has 1 unspecified atom stereocenters. The molecule has 1 atom stereocenters. The van der Waals surface area contributed by atoms with Crippen LogP contribution in [0.2, 0.25) is 0 Å². The zero-order valence-electron chi connectivity index (χ0n) is 13.1. The van der Waals surface area contributed by atoms with Crippen molar-refractivity contribution in [2.24, 2.45) is 0 Å². The maximum atomic E-state index is 6.02. The number of nitrogens with one attached hydrogen (secondary N) is 1. The zero-order valence-corrected chi connectivity index (χ0v) is 13.1. The van der Waals surface area contributed by atoms with Gasteiger partial charge in [0.25, 0.3) is 0 Å². The van der Waals surface area contributed by atoms with Gasteiger partial charge in [-0.05, 0) is 32.0 Å². The van der Waals surface area contributed by atoms with Crippen LogP contribution < -0.4 is 14.8 Å². The van der Waals surface area contributed by atoms with Crippen LogP contribution in [0.4, 0.5) is 0 Å². The highest BCUT2D eigenvalue weighted by atomic mass is 16.5. The Morgan fingerprint density at radius 3 is 2.62 bits per heavy atom. The van der Waals surface area contributed by atoms with E-state index in [1.54, 1.807) is 14.2 Å². The van der Waals surface area contributed by atoms with Gasteiger partial charge in [0.2, 0.25) is 0 Å². The van der Waals surface area contributed by atoms with E-state index in [0.717, 1.165) is 43.1 Å². The van der Waals surface area contributed by atoms with E-state index >= 15 is 0 Å². The molecular formula is C16H25NO4. The van der Waals surface area contributed by atoms with E-state index in [1.807, 2.05) is 25.2 Å². The molecular weight excluding hydrogens is 270 g/mol. The molecule has 0 bridgehead atoms. The molecule has 1 N–H and O–H groups in total. The van der Waals surface area contributed by atoms with Gasteiger partial charge in [-0.1, -0.05) is 0 Å². The maximum absolute atomic E-state index is 6.02. The molecule has 1 aromatic carbocycles. The average Bonchev–Trinajstić information content (AvgIpc) is 2.56. The second-order valence-corrected chi connectivity index (χ2v) is 5.09.